The van der Waals surface area contributed by atoms with Gasteiger partial charge in [0, 0.05) is 11.6 Å². The van der Waals surface area contributed by atoms with E-state index >= 15 is 0 Å². The molecule has 2 aromatic rings. The number of phenolic OH excluding ortho intramolecular Hbond substituents is 1. The van der Waals surface area contributed by atoms with Crippen molar-refractivity contribution in [2.45, 2.75) is 6.54 Å². The zero-order valence-corrected chi connectivity index (χ0v) is 9.09. The highest BCUT2D eigenvalue weighted by molar-refractivity contribution is 6.30. The van der Waals surface area contributed by atoms with Gasteiger partial charge in [-0.25, -0.2) is 4.68 Å². The third-order valence-electron chi connectivity index (χ3n) is 2.07. The minimum Gasteiger partial charge on any atom is -0.507 e. The fourth-order valence-corrected chi connectivity index (χ4v) is 1.53. The average molecular weight is 240 g/mol. The third-order valence-corrected chi connectivity index (χ3v) is 2.31. The summed E-state index contributed by atoms with van der Waals surface area (Å²) in [6, 6.07) is 4.70. The van der Waals surface area contributed by atoms with Crippen LogP contribution in [0.2, 0.25) is 5.02 Å². The molecule has 0 amide bonds. The lowest BCUT2D eigenvalue weighted by atomic mass is 10.2. The van der Waals surface area contributed by atoms with E-state index < -0.39 is 0 Å². The van der Waals surface area contributed by atoms with Crippen molar-refractivity contribution in [1.82, 2.24) is 20.2 Å². The topological polar surface area (TPSA) is 89.9 Å². The van der Waals surface area contributed by atoms with Crippen molar-refractivity contribution >= 4 is 11.6 Å². The molecule has 0 saturated carbocycles. The van der Waals surface area contributed by atoms with Gasteiger partial charge in [0.25, 0.3) is 0 Å². The molecule has 0 unspecified atom stereocenters. The highest BCUT2D eigenvalue weighted by atomic mass is 35.5. The summed E-state index contributed by atoms with van der Waals surface area (Å²) in [7, 11) is 0. The fraction of sp³-hybridized carbons (Fsp3) is 0.222. The first-order valence-electron chi connectivity index (χ1n) is 4.67. The molecule has 0 saturated heterocycles. The molecule has 0 aliphatic carbocycles. The number of benzene rings is 1. The second-order valence-electron chi connectivity index (χ2n) is 3.18. The number of aromatic nitrogens is 4. The van der Waals surface area contributed by atoms with Crippen LogP contribution in [0.5, 0.6) is 5.75 Å². The molecule has 16 heavy (non-hydrogen) atoms. The molecule has 0 aliphatic heterocycles. The number of tetrazole rings is 1. The van der Waals surface area contributed by atoms with Gasteiger partial charge < -0.3 is 10.8 Å². The second kappa shape index (κ2) is 4.46. The summed E-state index contributed by atoms with van der Waals surface area (Å²) in [5.41, 5.74) is 5.92. The van der Waals surface area contributed by atoms with Crippen molar-refractivity contribution in [1.29, 1.82) is 0 Å². The molecule has 0 radical (unpaired) electrons. The van der Waals surface area contributed by atoms with Gasteiger partial charge in [-0.15, -0.1) is 5.10 Å². The molecule has 2 rings (SSSR count). The first-order chi connectivity index (χ1) is 7.72. The molecule has 0 bridgehead atoms. The smallest absolute Gasteiger partial charge is 0.185 e. The van der Waals surface area contributed by atoms with Gasteiger partial charge in [0.15, 0.2) is 5.82 Å². The van der Waals surface area contributed by atoms with Crippen molar-refractivity contribution < 1.29 is 5.11 Å². The van der Waals surface area contributed by atoms with Crippen LogP contribution in [0, 0.1) is 0 Å². The van der Waals surface area contributed by atoms with Crippen LogP contribution in [-0.2, 0) is 6.54 Å². The number of hydrogen-bond donors (Lipinski definition) is 2. The summed E-state index contributed by atoms with van der Waals surface area (Å²) >= 11 is 5.85. The van der Waals surface area contributed by atoms with Gasteiger partial charge in [0.2, 0.25) is 0 Å². The van der Waals surface area contributed by atoms with Crippen LogP contribution in [-0.4, -0.2) is 31.9 Å². The van der Waals surface area contributed by atoms with Crippen molar-refractivity contribution in [3.05, 3.63) is 23.2 Å². The number of aromatic hydroxyl groups is 1. The van der Waals surface area contributed by atoms with Crippen LogP contribution in [0.3, 0.4) is 0 Å². The molecular formula is C9H10ClN5O. The summed E-state index contributed by atoms with van der Waals surface area (Å²) in [5.74, 6) is 0.530. The standard InChI is InChI=1S/C9H10ClN5O/c10-6-1-2-8(16)7(5-6)9-12-13-14-15(9)4-3-11/h1-2,5,16H,3-4,11H2. The van der Waals surface area contributed by atoms with Gasteiger partial charge >= 0.3 is 0 Å². The largest absolute Gasteiger partial charge is 0.507 e. The van der Waals surface area contributed by atoms with Crippen LogP contribution in [0.15, 0.2) is 18.2 Å². The average Bonchev–Trinajstić information content (AvgIpc) is 2.70. The zero-order valence-electron chi connectivity index (χ0n) is 8.34. The van der Waals surface area contributed by atoms with Crippen LogP contribution < -0.4 is 5.73 Å². The summed E-state index contributed by atoms with van der Waals surface area (Å²) in [4.78, 5) is 0. The monoisotopic (exact) mass is 239 g/mol. The van der Waals surface area contributed by atoms with Gasteiger partial charge in [-0.1, -0.05) is 11.6 Å². The first kappa shape index (κ1) is 10.8. The van der Waals surface area contributed by atoms with Crippen molar-refractivity contribution in [2.24, 2.45) is 5.73 Å². The maximum Gasteiger partial charge on any atom is 0.185 e. The Labute approximate surface area is 96.6 Å². The number of phenols is 1. The Morgan fingerprint density at radius 1 is 1.44 bits per heavy atom. The Morgan fingerprint density at radius 2 is 2.25 bits per heavy atom. The number of nitrogens with two attached hydrogens (primary N) is 1. The molecule has 0 aliphatic rings. The van der Waals surface area contributed by atoms with Gasteiger partial charge in [-0.3, -0.25) is 0 Å². The van der Waals surface area contributed by atoms with Crippen LogP contribution in [0.25, 0.3) is 11.4 Å². The zero-order chi connectivity index (χ0) is 11.5. The summed E-state index contributed by atoms with van der Waals surface area (Å²) in [6.45, 7) is 0.896. The second-order valence-corrected chi connectivity index (χ2v) is 3.61. The summed E-state index contributed by atoms with van der Waals surface area (Å²) < 4.78 is 1.52. The molecule has 1 aromatic carbocycles. The lowest BCUT2D eigenvalue weighted by Crippen LogP contribution is -2.12. The van der Waals surface area contributed by atoms with Crippen molar-refractivity contribution in [2.75, 3.05) is 6.54 Å². The Balaban J connectivity index is 2.49. The van der Waals surface area contributed by atoms with E-state index in [1.807, 2.05) is 0 Å². The fourth-order valence-electron chi connectivity index (χ4n) is 1.36. The Bertz CT molecular complexity index is 498. The van der Waals surface area contributed by atoms with E-state index in [2.05, 4.69) is 15.5 Å². The van der Waals surface area contributed by atoms with Crippen LogP contribution in [0.4, 0.5) is 0 Å². The van der Waals surface area contributed by atoms with E-state index in [-0.39, 0.29) is 5.75 Å². The van der Waals surface area contributed by atoms with Crippen LogP contribution in [0.1, 0.15) is 0 Å². The molecule has 0 atom stereocenters. The molecule has 1 heterocycles. The molecule has 3 N–H and O–H groups in total. The van der Waals surface area contributed by atoms with E-state index in [9.17, 15) is 5.11 Å². The Kier molecular flexibility index (Phi) is 3.02. The van der Waals surface area contributed by atoms with Gasteiger partial charge in [-0.2, -0.15) is 0 Å². The Hall–Kier alpha value is -1.66. The molecule has 84 valence electrons. The van der Waals surface area contributed by atoms with Gasteiger partial charge in [0.05, 0.1) is 12.1 Å². The van der Waals surface area contributed by atoms with E-state index in [0.717, 1.165) is 0 Å². The molecule has 0 spiro atoms. The SMILES string of the molecule is NCCn1nnnc1-c1cc(Cl)ccc1O. The Morgan fingerprint density at radius 3 is 3.00 bits per heavy atom. The molecule has 6 nitrogen and oxygen atoms in total. The molecular weight excluding hydrogens is 230 g/mol. The normalized spacial score (nSPS) is 10.6. The first-order valence-corrected chi connectivity index (χ1v) is 5.05. The minimum absolute atomic E-state index is 0.0810. The highest BCUT2D eigenvalue weighted by Crippen LogP contribution is 2.29. The predicted molar refractivity (Wildman–Crippen MR) is 59.0 cm³/mol. The molecule has 1 aromatic heterocycles. The van der Waals surface area contributed by atoms with Gasteiger partial charge in [0.1, 0.15) is 5.75 Å². The molecule has 7 heteroatoms. The quantitative estimate of drug-likeness (QED) is 0.821. The number of rotatable bonds is 3. The van der Waals surface area contributed by atoms with E-state index in [4.69, 9.17) is 17.3 Å². The number of hydrogen-bond acceptors (Lipinski definition) is 5. The predicted octanol–water partition coefficient (Wildman–Crippen LogP) is 0.658. The number of nitrogens with zero attached hydrogens (tertiary/aromatic N) is 4. The molecule has 0 fully saturated rings. The lowest BCUT2D eigenvalue weighted by molar-refractivity contribution is 0.476. The van der Waals surface area contributed by atoms with Crippen molar-refractivity contribution in [3.63, 3.8) is 0 Å². The van der Waals surface area contributed by atoms with E-state index in [0.29, 0.717) is 29.5 Å². The van der Waals surface area contributed by atoms with Gasteiger partial charge in [-0.05, 0) is 28.6 Å². The maximum absolute atomic E-state index is 9.70. The van der Waals surface area contributed by atoms with E-state index in [1.54, 1.807) is 12.1 Å². The number of halogens is 1. The third kappa shape index (κ3) is 1.98. The summed E-state index contributed by atoms with van der Waals surface area (Å²) in [6.07, 6.45) is 0. The maximum atomic E-state index is 9.70. The lowest BCUT2D eigenvalue weighted by Gasteiger charge is -2.05. The summed E-state index contributed by atoms with van der Waals surface area (Å²) in [5, 5.41) is 21.4. The minimum atomic E-state index is 0.0810. The van der Waals surface area contributed by atoms with E-state index in [1.165, 1.54) is 10.7 Å². The van der Waals surface area contributed by atoms with Crippen molar-refractivity contribution in [3.8, 4) is 17.1 Å². The van der Waals surface area contributed by atoms with Crippen LogP contribution >= 0.6 is 11.6 Å². The highest BCUT2D eigenvalue weighted by Gasteiger charge is 2.12.